The molecule has 0 radical (unpaired) electrons. The minimum atomic E-state index is -0.516. The second kappa shape index (κ2) is 8.04. The SMILES string of the molecule is CC(C)(C)OC(=O)N1CCCN(C(=O)OCc2ccccc2)CC1. The van der Waals surface area contributed by atoms with Crippen molar-refractivity contribution < 1.29 is 19.1 Å². The van der Waals surface area contributed by atoms with Crippen molar-refractivity contribution in [1.82, 2.24) is 9.80 Å². The van der Waals surface area contributed by atoms with Crippen molar-refractivity contribution in [2.45, 2.75) is 39.4 Å². The molecule has 0 atom stereocenters. The summed E-state index contributed by atoms with van der Waals surface area (Å²) in [5.41, 5.74) is 0.438. The Hall–Kier alpha value is -2.24. The third-order valence-corrected chi connectivity index (χ3v) is 3.61. The van der Waals surface area contributed by atoms with Crippen molar-refractivity contribution in [1.29, 1.82) is 0 Å². The number of benzene rings is 1. The Labute approximate surface area is 143 Å². The fourth-order valence-electron chi connectivity index (χ4n) is 2.42. The van der Waals surface area contributed by atoms with Crippen LogP contribution in [0.2, 0.25) is 0 Å². The topological polar surface area (TPSA) is 59.1 Å². The van der Waals surface area contributed by atoms with Gasteiger partial charge in [-0.1, -0.05) is 30.3 Å². The first-order chi connectivity index (χ1) is 11.3. The lowest BCUT2D eigenvalue weighted by Gasteiger charge is -2.26. The van der Waals surface area contributed by atoms with Gasteiger partial charge in [0.1, 0.15) is 12.2 Å². The molecule has 0 aromatic heterocycles. The quantitative estimate of drug-likeness (QED) is 0.833. The molecule has 1 aliphatic heterocycles. The number of carbonyl (C=O) groups is 2. The molecular weight excluding hydrogens is 308 g/mol. The number of rotatable bonds is 2. The lowest BCUT2D eigenvalue weighted by molar-refractivity contribution is 0.0255. The number of nitrogens with zero attached hydrogens (tertiary/aromatic N) is 2. The van der Waals surface area contributed by atoms with Gasteiger partial charge in [-0.05, 0) is 32.8 Å². The number of amides is 2. The van der Waals surface area contributed by atoms with Crippen molar-refractivity contribution in [2.24, 2.45) is 0 Å². The van der Waals surface area contributed by atoms with Gasteiger partial charge in [-0.3, -0.25) is 0 Å². The monoisotopic (exact) mass is 334 g/mol. The number of hydrogen-bond acceptors (Lipinski definition) is 4. The Morgan fingerprint density at radius 2 is 1.54 bits per heavy atom. The van der Waals surface area contributed by atoms with E-state index in [4.69, 9.17) is 9.47 Å². The van der Waals surface area contributed by atoms with Crippen molar-refractivity contribution in [3.05, 3.63) is 35.9 Å². The summed E-state index contributed by atoms with van der Waals surface area (Å²) < 4.78 is 10.7. The molecule has 1 aliphatic rings. The normalized spacial score (nSPS) is 15.6. The van der Waals surface area contributed by atoms with Crippen molar-refractivity contribution in [2.75, 3.05) is 26.2 Å². The Morgan fingerprint density at radius 3 is 2.12 bits per heavy atom. The van der Waals surface area contributed by atoms with Gasteiger partial charge in [0, 0.05) is 26.2 Å². The highest BCUT2D eigenvalue weighted by atomic mass is 16.6. The van der Waals surface area contributed by atoms with Crippen molar-refractivity contribution in [3.63, 3.8) is 0 Å². The van der Waals surface area contributed by atoms with E-state index in [1.807, 2.05) is 51.1 Å². The van der Waals surface area contributed by atoms with E-state index in [0.29, 0.717) is 32.6 Å². The molecule has 132 valence electrons. The van der Waals surface area contributed by atoms with Gasteiger partial charge in [-0.2, -0.15) is 0 Å². The van der Waals surface area contributed by atoms with Gasteiger partial charge in [0.05, 0.1) is 0 Å². The molecule has 1 aromatic carbocycles. The van der Waals surface area contributed by atoms with Crippen LogP contribution in [0.25, 0.3) is 0 Å². The molecule has 1 heterocycles. The van der Waals surface area contributed by atoms with Crippen LogP contribution in [0, 0.1) is 0 Å². The summed E-state index contributed by atoms with van der Waals surface area (Å²) in [5, 5.41) is 0. The van der Waals surface area contributed by atoms with Crippen LogP contribution in [0.15, 0.2) is 30.3 Å². The largest absolute Gasteiger partial charge is 0.445 e. The predicted octanol–water partition coefficient (Wildman–Crippen LogP) is 3.27. The zero-order valence-electron chi connectivity index (χ0n) is 14.7. The molecule has 1 aromatic rings. The van der Waals surface area contributed by atoms with E-state index in [0.717, 1.165) is 5.56 Å². The molecular formula is C18H26N2O4. The lowest BCUT2D eigenvalue weighted by Crippen LogP contribution is -2.40. The Morgan fingerprint density at radius 1 is 0.958 bits per heavy atom. The summed E-state index contributed by atoms with van der Waals surface area (Å²) in [5.74, 6) is 0. The van der Waals surface area contributed by atoms with Crippen LogP contribution in [0.3, 0.4) is 0 Å². The van der Waals surface area contributed by atoms with E-state index in [2.05, 4.69) is 0 Å². The predicted molar refractivity (Wildman–Crippen MR) is 90.6 cm³/mol. The zero-order valence-corrected chi connectivity index (χ0v) is 14.7. The number of ether oxygens (including phenoxy) is 2. The van der Waals surface area contributed by atoms with E-state index in [9.17, 15) is 9.59 Å². The highest BCUT2D eigenvalue weighted by molar-refractivity contribution is 5.69. The summed E-state index contributed by atoms with van der Waals surface area (Å²) >= 11 is 0. The smallest absolute Gasteiger partial charge is 0.410 e. The van der Waals surface area contributed by atoms with Gasteiger partial charge in [0.25, 0.3) is 0 Å². The number of hydrogen-bond donors (Lipinski definition) is 0. The van der Waals surface area contributed by atoms with E-state index < -0.39 is 5.60 Å². The molecule has 0 unspecified atom stereocenters. The lowest BCUT2D eigenvalue weighted by atomic mass is 10.2. The summed E-state index contributed by atoms with van der Waals surface area (Å²) in [6, 6.07) is 9.58. The van der Waals surface area contributed by atoms with Crippen molar-refractivity contribution >= 4 is 12.2 Å². The van der Waals surface area contributed by atoms with E-state index in [1.54, 1.807) is 9.80 Å². The van der Waals surface area contributed by atoms with Crippen LogP contribution in [-0.4, -0.2) is 53.8 Å². The van der Waals surface area contributed by atoms with Gasteiger partial charge in [-0.15, -0.1) is 0 Å². The summed E-state index contributed by atoms with van der Waals surface area (Å²) in [7, 11) is 0. The van der Waals surface area contributed by atoms with Crippen LogP contribution in [0.1, 0.15) is 32.8 Å². The van der Waals surface area contributed by atoms with Gasteiger partial charge in [-0.25, -0.2) is 9.59 Å². The Kier molecular flexibility index (Phi) is 6.06. The molecule has 2 rings (SSSR count). The molecule has 0 N–H and O–H groups in total. The average Bonchev–Trinajstić information content (AvgIpc) is 2.78. The first-order valence-corrected chi connectivity index (χ1v) is 8.29. The van der Waals surface area contributed by atoms with Crippen LogP contribution in [0.4, 0.5) is 9.59 Å². The Balaban J connectivity index is 1.81. The minimum Gasteiger partial charge on any atom is -0.445 e. The summed E-state index contributed by atoms with van der Waals surface area (Å²) in [6.07, 6.45) is 0.0338. The van der Waals surface area contributed by atoms with Crippen LogP contribution < -0.4 is 0 Å². The van der Waals surface area contributed by atoms with Crippen molar-refractivity contribution in [3.8, 4) is 0 Å². The Bertz CT molecular complexity index is 554. The van der Waals surface area contributed by atoms with Crippen LogP contribution >= 0.6 is 0 Å². The van der Waals surface area contributed by atoms with Gasteiger partial charge >= 0.3 is 12.2 Å². The molecule has 1 saturated heterocycles. The molecule has 6 nitrogen and oxygen atoms in total. The molecule has 0 spiro atoms. The number of carbonyl (C=O) groups excluding carboxylic acids is 2. The van der Waals surface area contributed by atoms with Gasteiger partial charge < -0.3 is 19.3 Å². The first kappa shape index (κ1) is 18.1. The van der Waals surface area contributed by atoms with E-state index >= 15 is 0 Å². The maximum absolute atomic E-state index is 12.2. The highest BCUT2D eigenvalue weighted by Gasteiger charge is 2.26. The van der Waals surface area contributed by atoms with Crippen LogP contribution in [-0.2, 0) is 16.1 Å². The molecule has 0 aliphatic carbocycles. The molecule has 0 saturated carbocycles. The molecule has 24 heavy (non-hydrogen) atoms. The average molecular weight is 334 g/mol. The fraction of sp³-hybridized carbons (Fsp3) is 0.556. The summed E-state index contributed by atoms with van der Waals surface area (Å²) in [6.45, 7) is 7.85. The zero-order chi connectivity index (χ0) is 17.6. The van der Waals surface area contributed by atoms with E-state index in [-0.39, 0.29) is 18.8 Å². The third-order valence-electron chi connectivity index (χ3n) is 3.61. The standard InChI is InChI=1S/C18H26N2O4/c1-18(2,3)24-17(22)20-11-7-10-19(12-13-20)16(21)23-14-15-8-5-4-6-9-15/h4-6,8-9H,7,10-14H2,1-3H3. The fourth-order valence-corrected chi connectivity index (χ4v) is 2.42. The second-order valence-corrected chi connectivity index (χ2v) is 6.85. The third kappa shape index (κ3) is 5.76. The highest BCUT2D eigenvalue weighted by Crippen LogP contribution is 2.13. The molecule has 1 fully saturated rings. The van der Waals surface area contributed by atoms with Gasteiger partial charge in [0.2, 0.25) is 0 Å². The first-order valence-electron chi connectivity index (χ1n) is 8.29. The van der Waals surface area contributed by atoms with E-state index in [1.165, 1.54) is 0 Å². The molecule has 0 bridgehead atoms. The maximum Gasteiger partial charge on any atom is 0.410 e. The maximum atomic E-state index is 12.2. The molecule has 2 amide bonds. The van der Waals surface area contributed by atoms with Crippen LogP contribution in [0.5, 0.6) is 0 Å². The molecule has 6 heteroatoms. The minimum absolute atomic E-state index is 0.256. The summed E-state index contributed by atoms with van der Waals surface area (Å²) in [4.78, 5) is 27.6. The van der Waals surface area contributed by atoms with Gasteiger partial charge in [0.15, 0.2) is 0 Å². The second-order valence-electron chi connectivity index (χ2n) is 6.85.